The second kappa shape index (κ2) is 8.29. The Morgan fingerprint density at radius 2 is 2.00 bits per heavy atom. The minimum absolute atomic E-state index is 0.254. The number of nitrogens with one attached hydrogen (secondary N) is 1. The number of hydrogen-bond donors (Lipinski definition) is 1. The minimum Gasteiger partial charge on any atom is -0.481 e. The summed E-state index contributed by atoms with van der Waals surface area (Å²) in [6.45, 7) is 3.78. The third-order valence-corrected chi connectivity index (χ3v) is 5.06. The van der Waals surface area contributed by atoms with Crippen molar-refractivity contribution in [2.45, 2.75) is 26.4 Å². The number of ether oxygens (including phenoxy) is 1. The first kappa shape index (κ1) is 18.4. The van der Waals surface area contributed by atoms with Gasteiger partial charge in [0.2, 0.25) is 5.13 Å². The van der Waals surface area contributed by atoms with Crippen LogP contribution in [0.15, 0.2) is 48.5 Å². The number of rotatable bonds is 6. The van der Waals surface area contributed by atoms with Gasteiger partial charge in [0.25, 0.3) is 5.91 Å². The summed E-state index contributed by atoms with van der Waals surface area (Å²) in [5.74, 6) is 0.354. The second-order valence-corrected chi connectivity index (χ2v) is 7.08. The summed E-state index contributed by atoms with van der Waals surface area (Å²) in [6, 6.07) is 15.0. The van der Waals surface area contributed by atoms with Gasteiger partial charge in [-0.1, -0.05) is 60.2 Å². The quantitative estimate of drug-likeness (QED) is 0.649. The molecule has 1 heterocycles. The molecule has 0 bridgehead atoms. The van der Waals surface area contributed by atoms with Crippen LogP contribution in [0.5, 0.6) is 5.75 Å². The maximum atomic E-state index is 12.5. The molecule has 0 spiro atoms. The molecule has 0 unspecified atom stereocenters. The van der Waals surface area contributed by atoms with Crippen molar-refractivity contribution in [3.8, 4) is 16.3 Å². The molecule has 0 aliphatic rings. The standard InChI is InChI=1S/C19H18ClN3O2S/c1-3-16(25-14-9-10-15(20)12(2)11-14)17(24)21-19-23-22-18(26-19)13-7-5-4-6-8-13/h4-11,16H,3H2,1-2H3,(H,21,23,24)/t16-/m0/s1. The SMILES string of the molecule is CC[C@H](Oc1ccc(Cl)c(C)c1)C(=O)Nc1nnc(-c2ccccc2)s1. The molecule has 5 nitrogen and oxygen atoms in total. The average Bonchev–Trinajstić information content (AvgIpc) is 3.11. The van der Waals surface area contributed by atoms with Crippen LogP contribution in [-0.2, 0) is 4.79 Å². The second-order valence-electron chi connectivity index (χ2n) is 5.69. The largest absolute Gasteiger partial charge is 0.481 e. The smallest absolute Gasteiger partial charge is 0.267 e. The first-order valence-electron chi connectivity index (χ1n) is 8.19. The Bertz CT molecular complexity index is 899. The van der Waals surface area contributed by atoms with Crippen molar-refractivity contribution in [2.75, 3.05) is 5.32 Å². The monoisotopic (exact) mass is 387 g/mol. The van der Waals surface area contributed by atoms with Crippen molar-refractivity contribution in [3.63, 3.8) is 0 Å². The molecule has 2 aromatic carbocycles. The van der Waals surface area contributed by atoms with E-state index in [9.17, 15) is 4.79 Å². The molecule has 3 aromatic rings. The molecule has 0 saturated heterocycles. The predicted molar refractivity (Wildman–Crippen MR) is 105 cm³/mol. The third kappa shape index (κ3) is 4.39. The van der Waals surface area contributed by atoms with E-state index >= 15 is 0 Å². The van der Waals surface area contributed by atoms with Crippen molar-refractivity contribution in [2.24, 2.45) is 0 Å². The Labute approximate surface area is 161 Å². The van der Waals surface area contributed by atoms with Gasteiger partial charge in [-0.2, -0.15) is 0 Å². The van der Waals surface area contributed by atoms with Gasteiger partial charge in [0.05, 0.1) is 0 Å². The highest BCUT2D eigenvalue weighted by Crippen LogP contribution is 2.27. The highest BCUT2D eigenvalue weighted by molar-refractivity contribution is 7.18. The van der Waals surface area contributed by atoms with Crippen LogP contribution in [0.4, 0.5) is 5.13 Å². The zero-order valence-corrected chi connectivity index (χ0v) is 16.0. The van der Waals surface area contributed by atoms with Gasteiger partial charge >= 0.3 is 0 Å². The molecule has 0 radical (unpaired) electrons. The van der Waals surface area contributed by atoms with E-state index in [1.807, 2.05) is 50.2 Å². The molecule has 1 aromatic heterocycles. The summed E-state index contributed by atoms with van der Waals surface area (Å²) in [7, 11) is 0. The van der Waals surface area contributed by atoms with Gasteiger partial charge in [-0.3, -0.25) is 10.1 Å². The lowest BCUT2D eigenvalue weighted by atomic mass is 10.2. The topological polar surface area (TPSA) is 64.1 Å². The number of benzene rings is 2. The summed E-state index contributed by atoms with van der Waals surface area (Å²) < 4.78 is 5.81. The van der Waals surface area contributed by atoms with E-state index in [0.717, 1.165) is 16.1 Å². The number of hydrogen-bond acceptors (Lipinski definition) is 5. The lowest BCUT2D eigenvalue weighted by Crippen LogP contribution is -2.32. The molecule has 0 saturated carbocycles. The predicted octanol–water partition coefficient (Wildman–Crippen LogP) is 4.96. The molecule has 7 heteroatoms. The summed E-state index contributed by atoms with van der Waals surface area (Å²) >= 11 is 7.35. The zero-order chi connectivity index (χ0) is 18.5. The highest BCUT2D eigenvalue weighted by Gasteiger charge is 2.20. The molecule has 0 fully saturated rings. The summed E-state index contributed by atoms with van der Waals surface area (Å²) in [5.41, 5.74) is 1.86. The van der Waals surface area contributed by atoms with Crippen LogP contribution < -0.4 is 10.1 Å². The number of carbonyl (C=O) groups is 1. The van der Waals surface area contributed by atoms with E-state index in [0.29, 0.717) is 22.3 Å². The maximum Gasteiger partial charge on any atom is 0.267 e. The van der Waals surface area contributed by atoms with Gasteiger partial charge < -0.3 is 4.74 Å². The Morgan fingerprint density at radius 1 is 1.23 bits per heavy atom. The minimum atomic E-state index is -0.625. The third-order valence-electron chi connectivity index (χ3n) is 3.75. The van der Waals surface area contributed by atoms with E-state index in [4.69, 9.17) is 16.3 Å². The van der Waals surface area contributed by atoms with E-state index in [2.05, 4.69) is 15.5 Å². The molecule has 0 aliphatic carbocycles. The highest BCUT2D eigenvalue weighted by atomic mass is 35.5. The van der Waals surface area contributed by atoms with Crippen LogP contribution in [0.1, 0.15) is 18.9 Å². The molecule has 26 heavy (non-hydrogen) atoms. The molecule has 134 valence electrons. The van der Waals surface area contributed by atoms with Gasteiger partial charge in [0.15, 0.2) is 6.10 Å². The number of halogens is 1. The average molecular weight is 388 g/mol. The Hall–Kier alpha value is -2.44. The fraction of sp³-hybridized carbons (Fsp3) is 0.211. The summed E-state index contributed by atoms with van der Waals surface area (Å²) in [5, 5.41) is 12.8. The molecular weight excluding hydrogens is 370 g/mol. The number of carbonyl (C=O) groups excluding carboxylic acids is 1. The fourth-order valence-corrected chi connectivity index (χ4v) is 3.20. The molecular formula is C19H18ClN3O2S. The van der Waals surface area contributed by atoms with Crippen molar-refractivity contribution in [1.29, 1.82) is 0 Å². The van der Waals surface area contributed by atoms with E-state index in [-0.39, 0.29) is 5.91 Å². The molecule has 1 N–H and O–H groups in total. The Morgan fingerprint density at radius 3 is 2.69 bits per heavy atom. The van der Waals surface area contributed by atoms with Crippen molar-refractivity contribution >= 4 is 34.0 Å². The zero-order valence-electron chi connectivity index (χ0n) is 14.4. The van der Waals surface area contributed by atoms with Crippen molar-refractivity contribution in [1.82, 2.24) is 10.2 Å². The maximum absolute atomic E-state index is 12.5. The lowest BCUT2D eigenvalue weighted by molar-refractivity contribution is -0.122. The first-order chi connectivity index (χ1) is 12.6. The number of anilines is 1. The number of aryl methyl sites for hydroxylation is 1. The van der Waals surface area contributed by atoms with E-state index in [1.54, 1.807) is 12.1 Å². The van der Waals surface area contributed by atoms with Crippen LogP contribution in [0.2, 0.25) is 5.02 Å². The van der Waals surface area contributed by atoms with Gasteiger partial charge in [0.1, 0.15) is 10.8 Å². The van der Waals surface area contributed by atoms with E-state index in [1.165, 1.54) is 11.3 Å². The Kier molecular flexibility index (Phi) is 5.85. The van der Waals surface area contributed by atoms with Gasteiger partial charge in [-0.05, 0) is 37.1 Å². The molecule has 1 amide bonds. The van der Waals surface area contributed by atoms with Crippen molar-refractivity contribution in [3.05, 3.63) is 59.1 Å². The number of aromatic nitrogens is 2. The summed E-state index contributed by atoms with van der Waals surface area (Å²) in [4.78, 5) is 12.5. The van der Waals surface area contributed by atoms with Crippen molar-refractivity contribution < 1.29 is 9.53 Å². The number of nitrogens with zero attached hydrogens (tertiary/aromatic N) is 2. The number of amides is 1. The van der Waals surface area contributed by atoms with Gasteiger partial charge in [-0.25, -0.2) is 0 Å². The summed E-state index contributed by atoms with van der Waals surface area (Å²) in [6.07, 6.45) is -0.0997. The van der Waals surface area contributed by atoms with Gasteiger partial charge in [-0.15, -0.1) is 10.2 Å². The van der Waals surface area contributed by atoms with E-state index < -0.39 is 6.10 Å². The molecule has 3 rings (SSSR count). The lowest BCUT2D eigenvalue weighted by Gasteiger charge is -2.16. The molecule has 0 aliphatic heterocycles. The van der Waals surface area contributed by atoms with Gasteiger partial charge in [0, 0.05) is 10.6 Å². The van der Waals surface area contributed by atoms with Crippen LogP contribution in [0.25, 0.3) is 10.6 Å². The van der Waals surface area contributed by atoms with Crippen LogP contribution >= 0.6 is 22.9 Å². The Balaban J connectivity index is 1.67. The first-order valence-corrected chi connectivity index (χ1v) is 9.39. The van der Waals surface area contributed by atoms with Crippen LogP contribution in [-0.4, -0.2) is 22.2 Å². The normalized spacial score (nSPS) is 11.8. The van der Waals surface area contributed by atoms with Crippen LogP contribution in [0, 0.1) is 6.92 Å². The van der Waals surface area contributed by atoms with Crippen LogP contribution in [0.3, 0.4) is 0 Å². The molecule has 1 atom stereocenters. The fourth-order valence-electron chi connectivity index (χ4n) is 2.33.